The molecule has 0 saturated carbocycles. The number of carbonyl (C=O) groups is 1. The standard InChI is InChI=1S/C17H14N2O5S/c1-13(20)15-9-7-14(8-10-15)4-3-11-18-25(23,24)17-6-2-5-16(12-17)19(21)22/h2,5-10,12,18H,11H2,1H3. The summed E-state index contributed by atoms with van der Waals surface area (Å²) >= 11 is 0. The van der Waals surface area contributed by atoms with Gasteiger partial charge in [0, 0.05) is 23.3 Å². The van der Waals surface area contributed by atoms with E-state index in [9.17, 15) is 23.3 Å². The van der Waals surface area contributed by atoms with Crippen molar-refractivity contribution in [3.05, 3.63) is 69.8 Å². The molecule has 8 heteroatoms. The summed E-state index contributed by atoms with van der Waals surface area (Å²) in [6.07, 6.45) is 0. The number of nitro groups is 1. The molecule has 128 valence electrons. The second kappa shape index (κ2) is 7.70. The molecule has 7 nitrogen and oxygen atoms in total. The topological polar surface area (TPSA) is 106 Å². The number of carbonyl (C=O) groups excluding carboxylic acids is 1. The van der Waals surface area contributed by atoms with Crippen LogP contribution in [0.5, 0.6) is 0 Å². The van der Waals surface area contributed by atoms with Crippen molar-refractivity contribution in [2.75, 3.05) is 6.54 Å². The lowest BCUT2D eigenvalue weighted by Crippen LogP contribution is -2.24. The SMILES string of the molecule is CC(=O)c1ccc(C#CCNS(=O)(=O)c2cccc([N+](=O)[O-])c2)cc1. The van der Waals surface area contributed by atoms with E-state index in [0.717, 1.165) is 6.07 Å². The van der Waals surface area contributed by atoms with Crippen molar-refractivity contribution in [2.24, 2.45) is 0 Å². The number of benzene rings is 2. The Bertz CT molecular complexity index is 970. The fourth-order valence-corrected chi connectivity index (χ4v) is 2.88. The number of nitrogens with one attached hydrogen (secondary N) is 1. The predicted molar refractivity (Wildman–Crippen MR) is 91.6 cm³/mol. The van der Waals surface area contributed by atoms with Gasteiger partial charge < -0.3 is 0 Å². The smallest absolute Gasteiger partial charge is 0.270 e. The van der Waals surface area contributed by atoms with Crippen molar-refractivity contribution >= 4 is 21.5 Å². The van der Waals surface area contributed by atoms with Crippen LogP contribution in [0, 0.1) is 22.0 Å². The second-order valence-corrected chi connectivity index (χ2v) is 6.78. The van der Waals surface area contributed by atoms with E-state index in [1.807, 2.05) is 0 Å². The number of rotatable bonds is 5. The van der Waals surface area contributed by atoms with Gasteiger partial charge in [-0.3, -0.25) is 14.9 Å². The number of nitro benzene ring substituents is 1. The number of Topliss-reactive ketones (excluding diaryl/α,β-unsaturated/α-hetero) is 1. The summed E-state index contributed by atoms with van der Waals surface area (Å²) in [4.78, 5) is 21.0. The molecule has 0 aliphatic heterocycles. The van der Waals surface area contributed by atoms with E-state index < -0.39 is 14.9 Å². The Hall–Kier alpha value is -3.02. The molecule has 2 aromatic rings. The first-order valence-corrected chi connectivity index (χ1v) is 8.62. The van der Waals surface area contributed by atoms with Crippen molar-refractivity contribution in [2.45, 2.75) is 11.8 Å². The van der Waals surface area contributed by atoms with Gasteiger partial charge in [0.1, 0.15) is 0 Å². The average molecular weight is 358 g/mol. The maximum atomic E-state index is 12.1. The van der Waals surface area contributed by atoms with Crippen LogP contribution in [0.3, 0.4) is 0 Å². The summed E-state index contributed by atoms with van der Waals surface area (Å²) < 4.78 is 26.5. The van der Waals surface area contributed by atoms with Gasteiger partial charge in [0.25, 0.3) is 5.69 Å². The number of sulfonamides is 1. The first-order chi connectivity index (χ1) is 11.8. The molecule has 0 heterocycles. The van der Waals surface area contributed by atoms with Crippen LogP contribution in [-0.2, 0) is 10.0 Å². The van der Waals surface area contributed by atoms with Gasteiger partial charge in [0.15, 0.2) is 5.78 Å². The van der Waals surface area contributed by atoms with Crippen LogP contribution in [0.4, 0.5) is 5.69 Å². The highest BCUT2D eigenvalue weighted by Gasteiger charge is 2.16. The minimum absolute atomic E-state index is 0.0516. The van der Waals surface area contributed by atoms with E-state index in [4.69, 9.17) is 0 Å². The molecule has 0 saturated heterocycles. The minimum Gasteiger partial charge on any atom is -0.295 e. The monoisotopic (exact) mass is 358 g/mol. The summed E-state index contributed by atoms with van der Waals surface area (Å²) in [5, 5.41) is 10.7. The Morgan fingerprint density at radius 1 is 1.20 bits per heavy atom. The molecule has 0 radical (unpaired) electrons. The van der Waals surface area contributed by atoms with Gasteiger partial charge in [0.2, 0.25) is 10.0 Å². The zero-order valence-electron chi connectivity index (χ0n) is 13.2. The average Bonchev–Trinajstić information content (AvgIpc) is 2.59. The lowest BCUT2D eigenvalue weighted by molar-refractivity contribution is -0.385. The van der Waals surface area contributed by atoms with Crippen LogP contribution in [0.15, 0.2) is 53.4 Å². The Morgan fingerprint density at radius 2 is 1.88 bits per heavy atom. The molecule has 0 spiro atoms. The Kier molecular flexibility index (Phi) is 5.64. The molecule has 0 aliphatic carbocycles. The highest BCUT2D eigenvalue weighted by Crippen LogP contribution is 2.16. The fraction of sp³-hybridized carbons (Fsp3) is 0.118. The summed E-state index contributed by atoms with van der Waals surface area (Å²) in [6, 6.07) is 11.4. The summed E-state index contributed by atoms with van der Waals surface area (Å²) in [7, 11) is -3.89. The first-order valence-electron chi connectivity index (χ1n) is 7.13. The third kappa shape index (κ3) is 4.97. The van der Waals surface area contributed by atoms with Crippen LogP contribution < -0.4 is 4.72 Å². The largest absolute Gasteiger partial charge is 0.295 e. The highest BCUT2D eigenvalue weighted by molar-refractivity contribution is 7.89. The second-order valence-electron chi connectivity index (χ2n) is 5.01. The van der Waals surface area contributed by atoms with E-state index in [0.29, 0.717) is 11.1 Å². The molecule has 1 N–H and O–H groups in total. The van der Waals surface area contributed by atoms with E-state index in [1.54, 1.807) is 24.3 Å². The molecule has 0 bridgehead atoms. The maximum absolute atomic E-state index is 12.1. The first kappa shape index (κ1) is 18.3. The summed E-state index contributed by atoms with van der Waals surface area (Å²) in [5.41, 5.74) is 0.899. The Labute approximate surface area is 144 Å². The molecule has 0 unspecified atom stereocenters. The van der Waals surface area contributed by atoms with Gasteiger partial charge in [-0.15, -0.1) is 0 Å². The molecular formula is C17H14N2O5S. The summed E-state index contributed by atoms with van der Waals surface area (Å²) in [6.45, 7) is 1.31. The van der Waals surface area contributed by atoms with Crippen molar-refractivity contribution in [3.63, 3.8) is 0 Å². The minimum atomic E-state index is -3.89. The number of non-ortho nitro benzene ring substituents is 1. The van der Waals surface area contributed by atoms with Crippen LogP contribution in [0.1, 0.15) is 22.8 Å². The number of nitrogens with zero attached hydrogens (tertiary/aromatic N) is 1. The molecule has 2 rings (SSSR count). The number of hydrogen-bond donors (Lipinski definition) is 1. The fourth-order valence-electron chi connectivity index (χ4n) is 1.91. The van der Waals surface area contributed by atoms with Crippen LogP contribution in [0.25, 0.3) is 0 Å². The molecule has 0 atom stereocenters. The summed E-state index contributed by atoms with van der Waals surface area (Å²) in [5.74, 6) is 5.37. The van der Waals surface area contributed by atoms with Gasteiger partial charge in [-0.05, 0) is 25.1 Å². The molecule has 0 aliphatic rings. The van der Waals surface area contributed by atoms with Gasteiger partial charge in [0.05, 0.1) is 16.4 Å². The van der Waals surface area contributed by atoms with Gasteiger partial charge in [-0.1, -0.05) is 30.0 Å². The molecule has 2 aromatic carbocycles. The third-order valence-corrected chi connectivity index (χ3v) is 4.61. The van der Waals surface area contributed by atoms with E-state index in [-0.39, 0.29) is 22.9 Å². The zero-order chi connectivity index (χ0) is 18.4. The Balaban J connectivity index is 2.05. The van der Waals surface area contributed by atoms with Gasteiger partial charge >= 0.3 is 0 Å². The lowest BCUT2D eigenvalue weighted by atomic mass is 10.1. The van der Waals surface area contributed by atoms with Crippen molar-refractivity contribution in [1.82, 2.24) is 4.72 Å². The Morgan fingerprint density at radius 3 is 2.48 bits per heavy atom. The van der Waals surface area contributed by atoms with Crippen LogP contribution in [0.2, 0.25) is 0 Å². The quantitative estimate of drug-likeness (QED) is 0.381. The van der Waals surface area contributed by atoms with Crippen molar-refractivity contribution < 1.29 is 18.1 Å². The van der Waals surface area contributed by atoms with Gasteiger partial charge in [-0.25, -0.2) is 8.42 Å². The van der Waals surface area contributed by atoms with E-state index in [1.165, 1.54) is 25.1 Å². The van der Waals surface area contributed by atoms with Crippen LogP contribution in [-0.4, -0.2) is 25.7 Å². The normalized spacial score (nSPS) is 10.6. The molecule has 0 fully saturated rings. The predicted octanol–water partition coefficient (Wildman–Crippen LogP) is 2.13. The van der Waals surface area contributed by atoms with Gasteiger partial charge in [-0.2, -0.15) is 4.72 Å². The molecule has 0 amide bonds. The third-order valence-electron chi connectivity index (χ3n) is 3.21. The number of hydrogen-bond acceptors (Lipinski definition) is 5. The zero-order valence-corrected chi connectivity index (χ0v) is 14.0. The molecular weight excluding hydrogens is 344 g/mol. The number of ketones is 1. The van der Waals surface area contributed by atoms with Crippen molar-refractivity contribution in [3.8, 4) is 11.8 Å². The van der Waals surface area contributed by atoms with E-state index >= 15 is 0 Å². The lowest BCUT2D eigenvalue weighted by Gasteiger charge is -2.03. The molecule has 0 aromatic heterocycles. The maximum Gasteiger partial charge on any atom is 0.270 e. The van der Waals surface area contributed by atoms with E-state index in [2.05, 4.69) is 16.6 Å². The highest BCUT2D eigenvalue weighted by atomic mass is 32.2. The molecule has 25 heavy (non-hydrogen) atoms. The van der Waals surface area contributed by atoms with Crippen molar-refractivity contribution in [1.29, 1.82) is 0 Å². The van der Waals surface area contributed by atoms with Crippen LogP contribution >= 0.6 is 0 Å².